The van der Waals surface area contributed by atoms with E-state index in [0.717, 1.165) is 17.7 Å². The van der Waals surface area contributed by atoms with Crippen LogP contribution in [0.4, 0.5) is 14.5 Å². The Hall–Kier alpha value is -2.63. The summed E-state index contributed by atoms with van der Waals surface area (Å²) >= 11 is 0. The van der Waals surface area contributed by atoms with Crippen molar-refractivity contribution in [2.24, 2.45) is 0 Å². The zero-order chi connectivity index (χ0) is 15.5. The zero-order valence-electron chi connectivity index (χ0n) is 11.6. The van der Waals surface area contributed by atoms with E-state index in [-0.39, 0.29) is 13.2 Å². The number of rotatable bonds is 4. The van der Waals surface area contributed by atoms with Crippen molar-refractivity contribution in [2.45, 2.75) is 12.8 Å². The molecule has 0 radical (unpaired) electrons. The quantitative estimate of drug-likeness (QED) is 0.943. The number of carbonyl (C=O) groups is 1. The first kappa shape index (κ1) is 14.3. The highest BCUT2D eigenvalue weighted by atomic mass is 19.1. The van der Waals surface area contributed by atoms with Gasteiger partial charge in [0.1, 0.15) is 17.3 Å². The molecule has 1 amide bonds. The van der Waals surface area contributed by atoms with E-state index < -0.39 is 23.2 Å². The second kappa shape index (κ2) is 6.01. The second-order valence-electron chi connectivity index (χ2n) is 4.83. The van der Waals surface area contributed by atoms with Crippen molar-refractivity contribution in [1.82, 2.24) is 0 Å². The lowest BCUT2D eigenvalue weighted by molar-refractivity contribution is -0.116. The van der Waals surface area contributed by atoms with E-state index in [1.807, 2.05) is 6.07 Å². The SMILES string of the molecule is O=C(CCc1ccc2c(c1)OCO2)Nc1c(F)cccc1F. The Morgan fingerprint density at radius 2 is 1.82 bits per heavy atom. The van der Waals surface area contributed by atoms with Crippen LogP contribution >= 0.6 is 0 Å². The fourth-order valence-corrected chi connectivity index (χ4v) is 2.17. The zero-order valence-corrected chi connectivity index (χ0v) is 11.6. The van der Waals surface area contributed by atoms with Gasteiger partial charge < -0.3 is 14.8 Å². The van der Waals surface area contributed by atoms with E-state index in [1.165, 1.54) is 6.07 Å². The number of hydrogen-bond acceptors (Lipinski definition) is 3. The minimum absolute atomic E-state index is 0.105. The molecule has 0 aliphatic carbocycles. The molecule has 0 fully saturated rings. The van der Waals surface area contributed by atoms with Gasteiger partial charge in [-0.25, -0.2) is 8.78 Å². The predicted molar refractivity (Wildman–Crippen MR) is 75.9 cm³/mol. The number of benzene rings is 2. The molecule has 114 valence electrons. The Balaban J connectivity index is 1.61. The molecule has 0 saturated heterocycles. The lowest BCUT2D eigenvalue weighted by Crippen LogP contribution is -2.14. The molecule has 2 aromatic carbocycles. The fraction of sp³-hybridized carbons (Fsp3) is 0.188. The maximum atomic E-state index is 13.4. The van der Waals surface area contributed by atoms with E-state index >= 15 is 0 Å². The van der Waals surface area contributed by atoms with Gasteiger partial charge in [-0.1, -0.05) is 12.1 Å². The standard InChI is InChI=1S/C16H13F2NO3/c17-11-2-1-3-12(18)16(11)19-15(20)7-5-10-4-6-13-14(8-10)22-9-21-13/h1-4,6,8H,5,7,9H2,(H,19,20). The highest BCUT2D eigenvalue weighted by molar-refractivity contribution is 5.91. The van der Waals surface area contributed by atoms with Crippen molar-refractivity contribution in [1.29, 1.82) is 0 Å². The fourth-order valence-electron chi connectivity index (χ4n) is 2.17. The lowest BCUT2D eigenvalue weighted by atomic mass is 10.1. The Morgan fingerprint density at radius 3 is 2.59 bits per heavy atom. The highest BCUT2D eigenvalue weighted by Crippen LogP contribution is 2.32. The first-order valence-electron chi connectivity index (χ1n) is 6.76. The summed E-state index contributed by atoms with van der Waals surface area (Å²) in [5, 5.41) is 2.26. The Morgan fingerprint density at radius 1 is 1.09 bits per heavy atom. The van der Waals surface area contributed by atoms with Crippen molar-refractivity contribution in [3.63, 3.8) is 0 Å². The van der Waals surface area contributed by atoms with Crippen molar-refractivity contribution in [3.8, 4) is 11.5 Å². The van der Waals surface area contributed by atoms with Gasteiger partial charge in [0, 0.05) is 6.42 Å². The molecule has 1 aliphatic heterocycles. The summed E-state index contributed by atoms with van der Waals surface area (Å²) in [4.78, 5) is 11.8. The van der Waals surface area contributed by atoms with Crippen LogP contribution in [0.2, 0.25) is 0 Å². The van der Waals surface area contributed by atoms with Crippen molar-refractivity contribution in [2.75, 3.05) is 12.1 Å². The number of carbonyl (C=O) groups excluding carboxylic acids is 1. The summed E-state index contributed by atoms with van der Waals surface area (Å²) in [6, 6.07) is 8.82. The number of anilines is 1. The highest BCUT2D eigenvalue weighted by Gasteiger charge is 2.15. The van der Waals surface area contributed by atoms with E-state index in [1.54, 1.807) is 12.1 Å². The van der Waals surface area contributed by atoms with Gasteiger partial charge in [0.15, 0.2) is 11.5 Å². The van der Waals surface area contributed by atoms with Gasteiger partial charge in [0.05, 0.1) is 0 Å². The van der Waals surface area contributed by atoms with E-state index in [2.05, 4.69) is 5.32 Å². The Kier molecular flexibility index (Phi) is 3.91. The van der Waals surface area contributed by atoms with E-state index in [4.69, 9.17) is 9.47 Å². The maximum absolute atomic E-state index is 13.4. The van der Waals surface area contributed by atoms with Crippen LogP contribution in [0.1, 0.15) is 12.0 Å². The van der Waals surface area contributed by atoms with Gasteiger partial charge in [0.25, 0.3) is 0 Å². The Labute approximate surface area is 125 Å². The van der Waals surface area contributed by atoms with Crippen LogP contribution in [-0.4, -0.2) is 12.7 Å². The second-order valence-corrected chi connectivity index (χ2v) is 4.83. The summed E-state index contributed by atoms with van der Waals surface area (Å²) in [5.41, 5.74) is 0.464. The number of aryl methyl sites for hydroxylation is 1. The molecule has 3 rings (SSSR count). The number of halogens is 2. The van der Waals surface area contributed by atoms with Crippen LogP contribution in [0.3, 0.4) is 0 Å². The molecule has 6 heteroatoms. The molecule has 2 aromatic rings. The summed E-state index contributed by atoms with van der Waals surface area (Å²) in [6.07, 6.45) is 0.534. The topological polar surface area (TPSA) is 47.6 Å². The van der Waals surface area contributed by atoms with Crippen LogP contribution in [0.15, 0.2) is 36.4 Å². The first-order valence-corrected chi connectivity index (χ1v) is 6.76. The number of fused-ring (bicyclic) bond motifs is 1. The van der Waals surface area contributed by atoms with Crippen LogP contribution in [-0.2, 0) is 11.2 Å². The maximum Gasteiger partial charge on any atom is 0.231 e. The molecule has 0 spiro atoms. The van der Waals surface area contributed by atoms with Crippen LogP contribution < -0.4 is 14.8 Å². The summed E-state index contributed by atoms with van der Waals surface area (Å²) in [6.45, 7) is 0.186. The third kappa shape index (κ3) is 3.00. The Bertz CT molecular complexity index is 698. The molecule has 0 unspecified atom stereocenters. The minimum Gasteiger partial charge on any atom is -0.454 e. The van der Waals surface area contributed by atoms with Crippen LogP contribution in [0, 0.1) is 11.6 Å². The molecule has 1 heterocycles. The molecular formula is C16H13F2NO3. The molecule has 1 aliphatic rings. The monoisotopic (exact) mass is 305 g/mol. The van der Waals surface area contributed by atoms with E-state index in [0.29, 0.717) is 17.9 Å². The lowest BCUT2D eigenvalue weighted by Gasteiger charge is -2.07. The van der Waals surface area contributed by atoms with Gasteiger partial charge in [0.2, 0.25) is 12.7 Å². The largest absolute Gasteiger partial charge is 0.454 e. The number of nitrogens with one attached hydrogen (secondary N) is 1. The molecule has 0 saturated carbocycles. The molecule has 0 aromatic heterocycles. The predicted octanol–water partition coefficient (Wildman–Crippen LogP) is 3.26. The van der Waals surface area contributed by atoms with Crippen LogP contribution in [0.5, 0.6) is 11.5 Å². The van der Waals surface area contributed by atoms with Crippen molar-refractivity contribution in [3.05, 3.63) is 53.6 Å². The smallest absolute Gasteiger partial charge is 0.231 e. The van der Waals surface area contributed by atoms with Gasteiger partial charge in [-0.2, -0.15) is 0 Å². The molecular weight excluding hydrogens is 292 g/mol. The molecule has 22 heavy (non-hydrogen) atoms. The average molecular weight is 305 g/mol. The third-order valence-corrected chi connectivity index (χ3v) is 3.30. The first-order chi connectivity index (χ1) is 10.6. The molecule has 1 N–H and O–H groups in total. The number of hydrogen-bond donors (Lipinski definition) is 1. The average Bonchev–Trinajstić information content (AvgIpc) is 2.96. The molecule has 0 bridgehead atoms. The van der Waals surface area contributed by atoms with Gasteiger partial charge in [-0.15, -0.1) is 0 Å². The van der Waals surface area contributed by atoms with Gasteiger partial charge in [-0.3, -0.25) is 4.79 Å². The van der Waals surface area contributed by atoms with Crippen molar-refractivity contribution >= 4 is 11.6 Å². The van der Waals surface area contributed by atoms with Crippen LogP contribution in [0.25, 0.3) is 0 Å². The summed E-state index contributed by atoms with van der Waals surface area (Å²) in [5.74, 6) is -0.741. The number of ether oxygens (including phenoxy) is 2. The minimum atomic E-state index is -0.795. The summed E-state index contributed by atoms with van der Waals surface area (Å²) in [7, 11) is 0. The van der Waals surface area contributed by atoms with Gasteiger partial charge >= 0.3 is 0 Å². The normalized spacial score (nSPS) is 12.3. The van der Waals surface area contributed by atoms with Crippen molar-refractivity contribution < 1.29 is 23.0 Å². The van der Waals surface area contributed by atoms with Gasteiger partial charge in [-0.05, 0) is 36.2 Å². The third-order valence-electron chi connectivity index (χ3n) is 3.30. The number of amides is 1. The summed E-state index contributed by atoms with van der Waals surface area (Å²) < 4.78 is 37.3. The molecule has 0 atom stereocenters. The molecule has 4 nitrogen and oxygen atoms in total. The van der Waals surface area contributed by atoms with E-state index in [9.17, 15) is 13.6 Å². The number of para-hydroxylation sites is 1.